The highest BCUT2D eigenvalue weighted by atomic mass is 16.5. The van der Waals surface area contributed by atoms with E-state index in [1.165, 1.54) is 0 Å². The first-order valence-electron chi connectivity index (χ1n) is 10.2. The first-order chi connectivity index (χ1) is 15.1. The fraction of sp³-hybridized carbons (Fsp3) is 0.200. The second-order valence-electron chi connectivity index (χ2n) is 7.17. The van der Waals surface area contributed by atoms with Crippen molar-refractivity contribution >= 4 is 16.7 Å². The number of carbonyl (C=O) groups excluding carboxylic acids is 1. The zero-order chi connectivity index (χ0) is 21.6. The fourth-order valence-corrected chi connectivity index (χ4v) is 3.38. The van der Waals surface area contributed by atoms with E-state index in [1.807, 2.05) is 68.4 Å². The summed E-state index contributed by atoms with van der Waals surface area (Å²) in [5, 5.41) is 9.00. The predicted octanol–water partition coefficient (Wildman–Crippen LogP) is 4.83. The van der Waals surface area contributed by atoms with Crippen molar-refractivity contribution in [1.82, 2.24) is 10.5 Å². The first kappa shape index (κ1) is 20.5. The Hall–Kier alpha value is -3.80. The van der Waals surface area contributed by atoms with Crippen LogP contribution in [-0.4, -0.2) is 24.2 Å². The van der Waals surface area contributed by atoms with Crippen LogP contribution in [0.4, 0.5) is 0 Å². The number of aryl methyl sites for hydroxylation is 2. The Morgan fingerprint density at radius 2 is 1.68 bits per heavy atom. The molecule has 4 rings (SSSR count). The van der Waals surface area contributed by atoms with Gasteiger partial charge in [-0.3, -0.25) is 4.79 Å². The molecule has 0 unspecified atom stereocenters. The van der Waals surface area contributed by atoms with Crippen molar-refractivity contribution in [1.29, 1.82) is 0 Å². The molecule has 158 valence electrons. The number of carbonyl (C=O) groups is 1. The zero-order valence-corrected chi connectivity index (χ0v) is 17.6. The average Bonchev–Trinajstić information content (AvgIpc) is 3.12. The molecule has 0 saturated carbocycles. The first-order valence-corrected chi connectivity index (χ1v) is 10.2. The standard InChI is InChI=1S/C25H24N2O4/c1-17-22(18(2)31-27-17)16-30-24-12-6-5-11-21(24)25(28)26-14-15-29-23-13-7-9-19-8-3-4-10-20(19)23/h3-13H,14-16H2,1-2H3,(H,26,28). The van der Waals surface area contributed by atoms with Gasteiger partial charge >= 0.3 is 0 Å². The molecule has 0 bridgehead atoms. The highest BCUT2D eigenvalue weighted by molar-refractivity contribution is 5.96. The van der Waals surface area contributed by atoms with E-state index in [0.29, 0.717) is 30.2 Å². The second-order valence-corrected chi connectivity index (χ2v) is 7.17. The van der Waals surface area contributed by atoms with Crippen LogP contribution in [0.25, 0.3) is 10.8 Å². The lowest BCUT2D eigenvalue weighted by Gasteiger charge is -2.13. The van der Waals surface area contributed by atoms with Gasteiger partial charge in [-0.25, -0.2) is 0 Å². The van der Waals surface area contributed by atoms with Crippen LogP contribution in [0.15, 0.2) is 71.3 Å². The van der Waals surface area contributed by atoms with Gasteiger partial charge in [0.05, 0.1) is 23.4 Å². The Morgan fingerprint density at radius 3 is 2.52 bits per heavy atom. The zero-order valence-electron chi connectivity index (χ0n) is 17.6. The third kappa shape index (κ3) is 4.69. The van der Waals surface area contributed by atoms with E-state index in [2.05, 4.69) is 10.5 Å². The van der Waals surface area contributed by atoms with E-state index in [1.54, 1.807) is 12.1 Å². The Labute approximate surface area is 180 Å². The summed E-state index contributed by atoms with van der Waals surface area (Å²) in [5.74, 6) is 1.81. The summed E-state index contributed by atoms with van der Waals surface area (Å²) >= 11 is 0. The molecule has 0 fully saturated rings. The molecule has 4 aromatic rings. The largest absolute Gasteiger partial charge is 0.491 e. The summed E-state index contributed by atoms with van der Waals surface area (Å²) in [6, 6.07) is 21.2. The number of para-hydroxylation sites is 1. The Morgan fingerprint density at radius 1 is 0.935 bits per heavy atom. The molecule has 0 aliphatic rings. The van der Waals surface area contributed by atoms with Gasteiger partial charge in [-0.2, -0.15) is 0 Å². The maximum absolute atomic E-state index is 12.7. The maximum atomic E-state index is 12.7. The molecule has 0 atom stereocenters. The monoisotopic (exact) mass is 416 g/mol. The number of nitrogens with zero attached hydrogens (tertiary/aromatic N) is 1. The number of ether oxygens (including phenoxy) is 2. The average molecular weight is 416 g/mol. The summed E-state index contributed by atoms with van der Waals surface area (Å²) in [6.07, 6.45) is 0. The summed E-state index contributed by atoms with van der Waals surface area (Å²) in [7, 11) is 0. The van der Waals surface area contributed by atoms with E-state index in [-0.39, 0.29) is 12.5 Å². The molecule has 6 nitrogen and oxygen atoms in total. The van der Waals surface area contributed by atoms with Gasteiger partial charge in [-0.05, 0) is 37.4 Å². The highest BCUT2D eigenvalue weighted by Crippen LogP contribution is 2.25. The molecule has 1 N–H and O–H groups in total. The van der Waals surface area contributed by atoms with Crippen LogP contribution in [0.5, 0.6) is 11.5 Å². The van der Waals surface area contributed by atoms with Gasteiger partial charge in [-0.15, -0.1) is 0 Å². The van der Waals surface area contributed by atoms with E-state index in [4.69, 9.17) is 14.0 Å². The summed E-state index contributed by atoms with van der Waals surface area (Å²) in [4.78, 5) is 12.7. The van der Waals surface area contributed by atoms with Crippen molar-refractivity contribution in [3.8, 4) is 11.5 Å². The van der Waals surface area contributed by atoms with Gasteiger partial charge in [0.15, 0.2) is 0 Å². The van der Waals surface area contributed by atoms with Crippen LogP contribution in [0, 0.1) is 13.8 Å². The van der Waals surface area contributed by atoms with Crippen LogP contribution in [0.3, 0.4) is 0 Å². The Kier molecular flexibility index (Phi) is 6.17. The number of benzene rings is 3. The smallest absolute Gasteiger partial charge is 0.255 e. The highest BCUT2D eigenvalue weighted by Gasteiger charge is 2.14. The molecule has 1 aromatic heterocycles. The number of hydrogen-bond donors (Lipinski definition) is 1. The lowest BCUT2D eigenvalue weighted by molar-refractivity contribution is 0.0942. The molecule has 1 amide bonds. The minimum absolute atomic E-state index is 0.212. The third-order valence-electron chi connectivity index (χ3n) is 5.08. The number of fused-ring (bicyclic) bond motifs is 1. The van der Waals surface area contributed by atoms with Crippen LogP contribution < -0.4 is 14.8 Å². The molecule has 0 aliphatic heterocycles. The van der Waals surface area contributed by atoms with Gasteiger partial charge < -0.3 is 19.3 Å². The summed E-state index contributed by atoms with van der Waals surface area (Å²) in [5.41, 5.74) is 2.14. The van der Waals surface area contributed by atoms with Crippen molar-refractivity contribution in [2.75, 3.05) is 13.2 Å². The Bertz CT molecular complexity index is 1170. The SMILES string of the molecule is Cc1noc(C)c1COc1ccccc1C(=O)NCCOc1cccc2ccccc12. The van der Waals surface area contributed by atoms with E-state index in [0.717, 1.165) is 27.8 Å². The quantitative estimate of drug-likeness (QED) is 0.417. The van der Waals surface area contributed by atoms with Gasteiger partial charge in [0.2, 0.25) is 0 Å². The van der Waals surface area contributed by atoms with Crippen LogP contribution in [0.2, 0.25) is 0 Å². The van der Waals surface area contributed by atoms with Crippen molar-refractivity contribution in [3.63, 3.8) is 0 Å². The molecule has 31 heavy (non-hydrogen) atoms. The minimum atomic E-state index is -0.212. The molecule has 0 aliphatic carbocycles. The van der Waals surface area contributed by atoms with Gasteiger partial charge in [0, 0.05) is 5.39 Å². The Balaban J connectivity index is 1.35. The molecule has 0 radical (unpaired) electrons. The molecule has 3 aromatic carbocycles. The van der Waals surface area contributed by atoms with Crippen molar-refractivity contribution in [3.05, 3.63) is 89.3 Å². The third-order valence-corrected chi connectivity index (χ3v) is 5.08. The van der Waals surface area contributed by atoms with Crippen molar-refractivity contribution < 1.29 is 18.8 Å². The van der Waals surface area contributed by atoms with Crippen molar-refractivity contribution in [2.24, 2.45) is 0 Å². The van der Waals surface area contributed by atoms with Crippen LogP contribution in [0.1, 0.15) is 27.4 Å². The lowest BCUT2D eigenvalue weighted by atomic mass is 10.1. The molecular weight excluding hydrogens is 392 g/mol. The van der Waals surface area contributed by atoms with Gasteiger partial charge in [0.1, 0.15) is 30.5 Å². The van der Waals surface area contributed by atoms with E-state index >= 15 is 0 Å². The van der Waals surface area contributed by atoms with Gasteiger partial charge in [-0.1, -0.05) is 53.7 Å². The number of rotatable bonds is 8. The molecule has 1 heterocycles. The fourth-order valence-electron chi connectivity index (χ4n) is 3.38. The normalized spacial score (nSPS) is 10.8. The summed E-state index contributed by atoms with van der Waals surface area (Å²) in [6.45, 7) is 4.73. The molecule has 6 heteroatoms. The molecule has 0 spiro atoms. The number of aromatic nitrogens is 1. The predicted molar refractivity (Wildman–Crippen MR) is 119 cm³/mol. The minimum Gasteiger partial charge on any atom is -0.491 e. The van der Waals surface area contributed by atoms with Crippen LogP contribution >= 0.6 is 0 Å². The van der Waals surface area contributed by atoms with Crippen LogP contribution in [-0.2, 0) is 6.61 Å². The lowest BCUT2D eigenvalue weighted by Crippen LogP contribution is -2.28. The number of amides is 1. The maximum Gasteiger partial charge on any atom is 0.255 e. The molecular formula is C25H24N2O4. The van der Waals surface area contributed by atoms with Crippen molar-refractivity contribution in [2.45, 2.75) is 20.5 Å². The number of hydrogen-bond acceptors (Lipinski definition) is 5. The summed E-state index contributed by atoms with van der Waals surface area (Å²) < 4.78 is 17.0. The van der Waals surface area contributed by atoms with E-state index in [9.17, 15) is 4.79 Å². The second kappa shape index (κ2) is 9.34. The molecule has 0 saturated heterocycles. The van der Waals surface area contributed by atoms with Gasteiger partial charge in [0.25, 0.3) is 5.91 Å². The van der Waals surface area contributed by atoms with E-state index < -0.39 is 0 Å². The topological polar surface area (TPSA) is 73.6 Å². The number of nitrogens with one attached hydrogen (secondary N) is 1.